The van der Waals surface area contributed by atoms with Crippen molar-refractivity contribution in [2.75, 3.05) is 0 Å². The lowest BCUT2D eigenvalue weighted by atomic mass is 10.0. The average molecular weight is 355 g/mol. The molecule has 0 unspecified atom stereocenters. The van der Waals surface area contributed by atoms with Crippen molar-refractivity contribution in [3.63, 3.8) is 0 Å². The average Bonchev–Trinajstić information content (AvgIpc) is 3.02. The fourth-order valence-electron chi connectivity index (χ4n) is 2.79. The number of halogens is 1. The van der Waals surface area contributed by atoms with Gasteiger partial charge < -0.3 is 5.11 Å². The molecular formula is C21H22FNOS. The molecule has 1 aromatic heterocycles. The van der Waals surface area contributed by atoms with Gasteiger partial charge in [0.05, 0.1) is 4.88 Å². The van der Waals surface area contributed by atoms with Crippen molar-refractivity contribution < 1.29 is 9.50 Å². The monoisotopic (exact) mass is 355 g/mol. The second-order valence-electron chi connectivity index (χ2n) is 6.19. The van der Waals surface area contributed by atoms with Crippen LogP contribution in [0, 0.1) is 5.95 Å². The van der Waals surface area contributed by atoms with E-state index in [0.29, 0.717) is 9.88 Å². The van der Waals surface area contributed by atoms with Crippen LogP contribution in [0.2, 0.25) is 0 Å². The summed E-state index contributed by atoms with van der Waals surface area (Å²) in [6.07, 6.45) is 6.11. The predicted octanol–water partition coefficient (Wildman–Crippen LogP) is 6.44. The molecule has 0 atom stereocenters. The summed E-state index contributed by atoms with van der Waals surface area (Å²) >= 11 is 1.33. The lowest BCUT2D eigenvalue weighted by Crippen LogP contribution is -1.86. The summed E-state index contributed by atoms with van der Waals surface area (Å²) in [6, 6.07) is 14.8. The summed E-state index contributed by atoms with van der Waals surface area (Å²) in [7, 11) is 0. The number of nitrogens with zero attached hydrogens (tertiary/aromatic N) is 1. The summed E-state index contributed by atoms with van der Waals surface area (Å²) in [4.78, 5) is 4.58. The van der Waals surface area contributed by atoms with E-state index in [4.69, 9.17) is 0 Å². The molecule has 0 fully saturated rings. The topological polar surface area (TPSA) is 33.1 Å². The molecule has 4 heteroatoms. The highest BCUT2D eigenvalue weighted by molar-refractivity contribution is 7.18. The van der Waals surface area contributed by atoms with Crippen LogP contribution in [-0.4, -0.2) is 10.1 Å². The number of rotatable bonds is 7. The Morgan fingerprint density at radius 3 is 2.28 bits per heavy atom. The third kappa shape index (κ3) is 4.45. The van der Waals surface area contributed by atoms with Crippen molar-refractivity contribution in [1.82, 2.24) is 4.98 Å². The summed E-state index contributed by atoms with van der Waals surface area (Å²) < 4.78 is 14.2. The molecule has 0 aliphatic heterocycles. The highest BCUT2D eigenvalue weighted by atomic mass is 32.1. The van der Waals surface area contributed by atoms with Crippen LogP contribution in [0.1, 0.15) is 38.2 Å². The number of phenols is 1. The number of thiazole rings is 1. The van der Waals surface area contributed by atoms with Crippen LogP contribution in [0.4, 0.5) is 4.39 Å². The third-order valence-corrected chi connectivity index (χ3v) is 5.36. The van der Waals surface area contributed by atoms with Gasteiger partial charge in [0.15, 0.2) is 0 Å². The molecule has 0 radical (unpaired) electrons. The standard InChI is InChI=1S/C21H22FNOS/c1-2-3-4-5-6-15-7-9-17(10-8-15)21-23-20(22)19(25-21)16-11-13-18(24)14-12-16/h7-14,24H,2-6H2,1H3. The van der Waals surface area contributed by atoms with Crippen LogP contribution in [0.15, 0.2) is 48.5 Å². The van der Waals surface area contributed by atoms with Gasteiger partial charge in [0.2, 0.25) is 5.95 Å². The minimum absolute atomic E-state index is 0.170. The quantitative estimate of drug-likeness (QED) is 0.494. The number of hydrogen-bond acceptors (Lipinski definition) is 3. The predicted molar refractivity (Wildman–Crippen MR) is 102 cm³/mol. The van der Waals surface area contributed by atoms with Crippen molar-refractivity contribution in [1.29, 1.82) is 0 Å². The Bertz CT molecular complexity index is 809. The fraction of sp³-hybridized carbons (Fsp3) is 0.286. The number of hydrogen-bond donors (Lipinski definition) is 1. The third-order valence-electron chi connectivity index (χ3n) is 4.24. The van der Waals surface area contributed by atoms with Crippen molar-refractivity contribution in [2.24, 2.45) is 0 Å². The molecule has 0 saturated heterocycles. The number of aromatic nitrogens is 1. The van der Waals surface area contributed by atoms with E-state index in [1.54, 1.807) is 24.3 Å². The Balaban J connectivity index is 1.74. The normalized spacial score (nSPS) is 11.0. The summed E-state index contributed by atoms with van der Waals surface area (Å²) in [6.45, 7) is 2.22. The van der Waals surface area contributed by atoms with Gasteiger partial charge in [-0.25, -0.2) is 4.98 Å². The minimum atomic E-state index is -0.464. The van der Waals surface area contributed by atoms with E-state index in [9.17, 15) is 9.50 Å². The van der Waals surface area contributed by atoms with E-state index in [-0.39, 0.29) is 5.75 Å². The molecule has 0 aliphatic rings. The molecule has 2 nitrogen and oxygen atoms in total. The molecule has 0 bridgehead atoms. The molecule has 2 aromatic carbocycles. The van der Waals surface area contributed by atoms with E-state index in [2.05, 4.69) is 24.0 Å². The second-order valence-corrected chi connectivity index (χ2v) is 7.19. The Kier molecular flexibility index (Phi) is 5.82. The second kappa shape index (κ2) is 8.26. The highest BCUT2D eigenvalue weighted by Crippen LogP contribution is 2.35. The first-order valence-electron chi connectivity index (χ1n) is 8.72. The number of aryl methyl sites for hydroxylation is 1. The van der Waals surface area contributed by atoms with Gasteiger partial charge in [0, 0.05) is 5.56 Å². The molecule has 0 aliphatic carbocycles. The van der Waals surface area contributed by atoms with Crippen LogP contribution in [0.25, 0.3) is 21.0 Å². The molecule has 0 saturated carbocycles. The van der Waals surface area contributed by atoms with Gasteiger partial charge in [-0.2, -0.15) is 4.39 Å². The lowest BCUT2D eigenvalue weighted by molar-refractivity contribution is 0.475. The Hall–Kier alpha value is -2.20. The highest BCUT2D eigenvalue weighted by Gasteiger charge is 2.14. The molecule has 3 aromatic rings. The molecule has 0 amide bonds. The van der Waals surface area contributed by atoms with Crippen LogP contribution < -0.4 is 0 Å². The maximum atomic E-state index is 14.2. The molecular weight excluding hydrogens is 333 g/mol. The maximum absolute atomic E-state index is 14.2. The number of benzene rings is 2. The van der Waals surface area contributed by atoms with E-state index in [0.717, 1.165) is 17.5 Å². The van der Waals surface area contributed by atoms with E-state index >= 15 is 0 Å². The van der Waals surface area contributed by atoms with Gasteiger partial charge in [-0.3, -0.25) is 0 Å². The fourth-order valence-corrected chi connectivity index (χ4v) is 3.74. The first kappa shape index (κ1) is 17.6. The van der Waals surface area contributed by atoms with Crippen LogP contribution >= 0.6 is 11.3 Å². The van der Waals surface area contributed by atoms with E-state index in [1.807, 2.05) is 12.1 Å². The van der Waals surface area contributed by atoms with Crippen molar-refractivity contribution in [3.05, 3.63) is 60.0 Å². The molecule has 3 rings (SSSR count). The number of aromatic hydroxyl groups is 1. The zero-order chi connectivity index (χ0) is 17.6. The molecule has 1 heterocycles. The summed E-state index contributed by atoms with van der Waals surface area (Å²) in [5.74, 6) is -0.294. The first-order chi connectivity index (χ1) is 12.2. The first-order valence-corrected chi connectivity index (χ1v) is 9.54. The van der Waals surface area contributed by atoms with Gasteiger partial charge in [-0.15, -0.1) is 11.3 Å². The molecule has 0 spiro atoms. The zero-order valence-corrected chi connectivity index (χ0v) is 15.2. The van der Waals surface area contributed by atoms with E-state index < -0.39 is 5.95 Å². The molecule has 25 heavy (non-hydrogen) atoms. The van der Waals surface area contributed by atoms with E-state index in [1.165, 1.54) is 42.6 Å². The van der Waals surface area contributed by atoms with Gasteiger partial charge in [0.25, 0.3) is 0 Å². The SMILES string of the molecule is CCCCCCc1ccc(-c2nc(F)c(-c3ccc(O)cc3)s2)cc1. The minimum Gasteiger partial charge on any atom is -0.508 e. The maximum Gasteiger partial charge on any atom is 0.232 e. The van der Waals surface area contributed by atoms with Gasteiger partial charge in [-0.05, 0) is 48.2 Å². The zero-order valence-electron chi connectivity index (χ0n) is 14.3. The van der Waals surface area contributed by atoms with Gasteiger partial charge in [0.1, 0.15) is 10.8 Å². The smallest absolute Gasteiger partial charge is 0.232 e. The number of unbranched alkanes of at least 4 members (excludes halogenated alkanes) is 3. The Labute approximate surface area is 152 Å². The van der Waals surface area contributed by atoms with Crippen LogP contribution in [-0.2, 0) is 6.42 Å². The lowest BCUT2D eigenvalue weighted by Gasteiger charge is -2.02. The van der Waals surface area contributed by atoms with Crippen molar-refractivity contribution in [3.8, 4) is 26.8 Å². The number of phenolic OH excluding ortho intramolecular Hbond substituents is 1. The largest absolute Gasteiger partial charge is 0.508 e. The van der Waals surface area contributed by atoms with Crippen molar-refractivity contribution >= 4 is 11.3 Å². The van der Waals surface area contributed by atoms with Gasteiger partial charge >= 0.3 is 0 Å². The molecule has 1 N–H and O–H groups in total. The Morgan fingerprint density at radius 1 is 0.920 bits per heavy atom. The van der Waals surface area contributed by atoms with Crippen LogP contribution in [0.5, 0.6) is 5.75 Å². The van der Waals surface area contributed by atoms with Gasteiger partial charge in [-0.1, -0.05) is 50.5 Å². The summed E-state index contributed by atoms with van der Waals surface area (Å²) in [5, 5.41) is 10.0. The molecule has 130 valence electrons. The summed E-state index contributed by atoms with van der Waals surface area (Å²) in [5.41, 5.74) is 2.98. The van der Waals surface area contributed by atoms with Crippen molar-refractivity contribution in [2.45, 2.75) is 39.0 Å². The Morgan fingerprint density at radius 2 is 1.60 bits per heavy atom. The van der Waals surface area contributed by atoms with Crippen LogP contribution in [0.3, 0.4) is 0 Å².